The van der Waals surface area contributed by atoms with E-state index in [2.05, 4.69) is 30.2 Å². The van der Waals surface area contributed by atoms with Crippen molar-refractivity contribution < 1.29 is 4.74 Å². The van der Waals surface area contributed by atoms with Crippen molar-refractivity contribution in [3.63, 3.8) is 0 Å². The summed E-state index contributed by atoms with van der Waals surface area (Å²) >= 11 is 0. The molecule has 0 aliphatic carbocycles. The molecular formula is C17H23N3O. The highest BCUT2D eigenvalue weighted by Gasteiger charge is 2.09. The zero-order chi connectivity index (χ0) is 15.4. The van der Waals surface area contributed by atoms with Crippen LogP contribution in [-0.4, -0.2) is 24.1 Å². The van der Waals surface area contributed by atoms with Gasteiger partial charge < -0.3 is 10.1 Å². The molecule has 0 amide bonds. The van der Waals surface area contributed by atoms with Gasteiger partial charge in [-0.25, -0.2) is 9.97 Å². The van der Waals surface area contributed by atoms with Crippen LogP contribution < -0.4 is 10.1 Å². The van der Waals surface area contributed by atoms with Gasteiger partial charge in [-0.2, -0.15) is 0 Å². The Labute approximate surface area is 126 Å². The van der Waals surface area contributed by atoms with Crippen LogP contribution in [-0.2, 0) is 6.42 Å². The van der Waals surface area contributed by atoms with Crippen LogP contribution in [0.15, 0.2) is 24.3 Å². The maximum atomic E-state index is 5.30. The summed E-state index contributed by atoms with van der Waals surface area (Å²) in [6.45, 7) is 6.41. The molecule has 21 heavy (non-hydrogen) atoms. The van der Waals surface area contributed by atoms with Gasteiger partial charge in [0.1, 0.15) is 11.6 Å². The Bertz CT molecular complexity index is 623. The van der Waals surface area contributed by atoms with Crippen LogP contribution in [0.2, 0.25) is 0 Å². The highest BCUT2D eigenvalue weighted by Crippen LogP contribution is 2.25. The Morgan fingerprint density at radius 3 is 2.52 bits per heavy atom. The van der Waals surface area contributed by atoms with Crippen LogP contribution in [0.1, 0.15) is 25.1 Å². The normalized spacial score (nSPS) is 10.8. The number of rotatable bonds is 5. The maximum Gasteiger partial charge on any atom is 0.161 e. The number of nitrogens with one attached hydrogen (secondary N) is 1. The quantitative estimate of drug-likeness (QED) is 0.910. The second kappa shape index (κ2) is 6.57. The monoisotopic (exact) mass is 285 g/mol. The van der Waals surface area contributed by atoms with Gasteiger partial charge in [0, 0.05) is 24.4 Å². The first-order valence-corrected chi connectivity index (χ1v) is 7.24. The Morgan fingerprint density at radius 1 is 1.19 bits per heavy atom. The van der Waals surface area contributed by atoms with E-state index in [1.807, 2.05) is 32.2 Å². The van der Waals surface area contributed by atoms with Gasteiger partial charge in [-0.1, -0.05) is 13.8 Å². The molecule has 0 saturated heterocycles. The first-order valence-electron chi connectivity index (χ1n) is 7.24. The molecule has 0 unspecified atom stereocenters. The molecule has 0 spiro atoms. The van der Waals surface area contributed by atoms with Crippen molar-refractivity contribution in [2.45, 2.75) is 27.2 Å². The van der Waals surface area contributed by atoms with Crippen LogP contribution in [0.25, 0.3) is 11.4 Å². The van der Waals surface area contributed by atoms with Gasteiger partial charge in [-0.15, -0.1) is 0 Å². The summed E-state index contributed by atoms with van der Waals surface area (Å²) in [5.41, 5.74) is 3.15. The lowest BCUT2D eigenvalue weighted by atomic mass is 10.1. The van der Waals surface area contributed by atoms with Crippen molar-refractivity contribution in [3.05, 3.63) is 35.5 Å². The summed E-state index contributed by atoms with van der Waals surface area (Å²) in [5, 5.41) is 3.11. The number of hydrogen-bond acceptors (Lipinski definition) is 4. The van der Waals surface area contributed by atoms with Gasteiger partial charge in [0.25, 0.3) is 0 Å². The molecule has 4 nitrogen and oxygen atoms in total. The Balaban J connectivity index is 2.44. The minimum absolute atomic E-state index is 0.565. The van der Waals surface area contributed by atoms with Crippen molar-refractivity contribution in [1.29, 1.82) is 0 Å². The van der Waals surface area contributed by atoms with Crippen molar-refractivity contribution in [1.82, 2.24) is 9.97 Å². The molecule has 0 fully saturated rings. The second-order valence-electron chi connectivity index (χ2n) is 5.60. The highest BCUT2D eigenvalue weighted by molar-refractivity contribution is 5.60. The Morgan fingerprint density at radius 2 is 1.95 bits per heavy atom. The number of methoxy groups -OCH3 is 1. The van der Waals surface area contributed by atoms with Crippen molar-refractivity contribution in [2.24, 2.45) is 5.92 Å². The SMILES string of the molecule is CNc1cc(CC(C)C)nc(-c2ccc(OC)c(C)c2)n1. The van der Waals surface area contributed by atoms with Gasteiger partial charge in [0.15, 0.2) is 5.82 Å². The summed E-state index contributed by atoms with van der Waals surface area (Å²) in [6, 6.07) is 8.04. The second-order valence-corrected chi connectivity index (χ2v) is 5.60. The van der Waals surface area contributed by atoms with E-state index >= 15 is 0 Å². The van der Waals surface area contributed by atoms with Crippen molar-refractivity contribution in [3.8, 4) is 17.1 Å². The molecule has 2 aromatic rings. The molecule has 1 aromatic heterocycles. The molecule has 0 atom stereocenters. The average molecular weight is 285 g/mol. The summed E-state index contributed by atoms with van der Waals surface area (Å²) < 4.78 is 5.30. The molecule has 0 saturated carbocycles. The Kier molecular flexibility index (Phi) is 4.78. The van der Waals surface area contributed by atoms with E-state index in [1.54, 1.807) is 7.11 Å². The zero-order valence-electron chi connectivity index (χ0n) is 13.4. The third kappa shape index (κ3) is 3.72. The smallest absolute Gasteiger partial charge is 0.161 e. The van der Waals surface area contributed by atoms with E-state index in [-0.39, 0.29) is 0 Å². The molecule has 0 aliphatic heterocycles. The number of ether oxygens (including phenoxy) is 1. The van der Waals surface area contributed by atoms with Gasteiger partial charge in [0.05, 0.1) is 7.11 Å². The molecule has 1 aromatic carbocycles. The molecule has 0 aliphatic rings. The van der Waals surface area contributed by atoms with Gasteiger partial charge >= 0.3 is 0 Å². The summed E-state index contributed by atoms with van der Waals surface area (Å²) in [7, 11) is 3.56. The third-order valence-electron chi connectivity index (χ3n) is 3.31. The van der Waals surface area contributed by atoms with Crippen LogP contribution in [0.5, 0.6) is 5.75 Å². The van der Waals surface area contributed by atoms with E-state index in [0.29, 0.717) is 5.92 Å². The average Bonchev–Trinajstić information content (AvgIpc) is 2.46. The summed E-state index contributed by atoms with van der Waals surface area (Å²) in [5.74, 6) is 3.05. The first kappa shape index (κ1) is 15.3. The molecule has 1 N–H and O–H groups in total. The van der Waals surface area contributed by atoms with E-state index < -0.39 is 0 Å². The number of nitrogens with zero attached hydrogens (tertiary/aromatic N) is 2. The number of aromatic nitrogens is 2. The minimum Gasteiger partial charge on any atom is -0.496 e. The van der Waals surface area contributed by atoms with E-state index in [0.717, 1.165) is 40.6 Å². The molecule has 0 radical (unpaired) electrons. The maximum absolute atomic E-state index is 5.30. The fraction of sp³-hybridized carbons (Fsp3) is 0.412. The highest BCUT2D eigenvalue weighted by atomic mass is 16.5. The standard InChI is InChI=1S/C17H23N3O/c1-11(2)8-14-10-16(18-4)20-17(19-14)13-6-7-15(21-5)12(3)9-13/h6-7,9-11H,8H2,1-5H3,(H,18,19,20). The molecule has 2 rings (SSSR count). The molecule has 1 heterocycles. The summed E-state index contributed by atoms with van der Waals surface area (Å²) in [4.78, 5) is 9.26. The molecular weight excluding hydrogens is 262 g/mol. The summed E-state index contributed by atoms with van der Waals surface area (Å²) in [6.07, 6.45) is 0.944. The minimum atomic E-state index is 0.565. The lowest BCUT2D eigenvalue weighted by Gasteiger charge is -2.11. The van der Waals surface area contributed by atoms with Gasteiger partial charge in [0.2, 0.25) is 0 Å². The largest absolute Gasteiger partial charge is 0.496 e. The predicted molar refractivity (Wildman–Crippen MR) is 86.8 cm³/mol. The third-order valence-corrected chi connectivity index (χ3v) is 3.31. The van der Waals surface area contributed by atoms with Crippen LogP contribution in [0, 0.1) is 12.8 Å². The molecule has 4 heteroatoms. The van der Waals surface area contributed by atoms with Crippen LogP contribution in [0.3, 0.4) is 0 Å². The lowest BCUT2D eigenvalue weighted by molar-refractivity contribution is 0.412. The first-order chi connectivity index (χ1) is 10.0. The fourth-order valence-corrected chi connectivity index (χ4v) is 2.30. The van der Waals surface area contributed by atoms with Gasteiger partial charge in [-0.3, -0.25) is 0 Å². The predicted octanol–water partition coefficient (Wildman–Crippen LogP) is 3.70. The number of aryl methyl sites for hydroxylation is 1. The Hall–Kier alpha value is -2.10. The van der Waals surface area contributed by atoms with E-state index in [4.69, 9.17) is 9.72 Å². The number of anilines is 1. The van der Waals surface area contributed by atoms with Crippen LogP contribution in [0.4, 0.5) is 5.82 Å². The van der Waals surface area contributed by atoms with Crippen molar-refractivity contribution >= 4 is 5.82 Å². The van der Waals surface area contributed by atoms with Gasteiger partial charge in [-0.05, 0) is 43.0 Å². The van der Waals surface area contributed by atoms with E-state index in [9.17, 15) is 0 Å². The fourth-order valence-electron chi connectivity index (χ4n) is 2.30. The number of hydrogen-bond donors (Lipinski definition) is 1. The van der Waals surface area contributed by atoms with Crippen molar-refractivity contribution in [2.75, 3.05) is 19.5 Å². The van der Waals surface area contributed by atoms with E-state index in [1.165, 1.54) is 0 Å². The zero-order valence-corrected chi connectivity index (χ0v) is 13.4. The molecule has 0 bridgehead atoms. The van der Waals surface area contributed by atoms with Crippen LogP contribution >= 0.6 is 0 Å². The topological polar surface area (TPSA) is 47.0 Å². The number of benzene rings is 1. The lowest BCUT2D eigenvalue weighted by Crippen LogP contribution is -2.04. The molecule has 112 valence electrons.